The summed E-state index contributed by atoms with van der Waals surface area (Å²) in [6, 6.07) is 4.06. The van der Waals surface area contributed by atoms with E-state index in [1.807, 2.05) is 4.72 Å². The zero-order valence-electron chi connectivity index (χ0n) is 8.72. The Hall–Kier alpha value is -1.67. The molecule has 0 saturated heterocycles. The van der Waals surface area contributed by atoms with Gasteiger partial charge in [0.2, 0.25) is 10.0 Å². The van der Waals surface area contributed by atoms with Crippen molar-refractivity contribution in [3.63, 3.8) is 0 Å². The van der Waals surface area contributed by atoms with E-state index in [0.29, 0.717) is 0 Å². The molecule has 0 amide bonds. The van der Waals surface area contributed by atoms with Crippen molar-refractivity contribution >= 4 is 21.4 Å². The summed E-state index contributed by atoms with van der Waals surface area (Å²) < 4.78 is 25.1. The van der Waals surface area contributed by atoms with Crippen molar-refractivity contribution in [1.29, 1.82) is 0 Å². The largest absolute Gasteiger partial charge is 0.383 e. The fraction of sp³-hybridized carbons (Fsp3) is 0.250. The highest BCUT2D eigenvalue weighted by Gasteiger charge is 2.27. The van der Waals surface area contributed by atoms with E-state index in [1.165, 1.54) is 32.3 Å². The topological polar surface area (TPSA) is 101 Å². The second kappa shape index (κ2) is 4.45. The van der Waals surface area contributed by atoms with Gasteiger partial charge >= 0.3 is 5.69 Å². The Morgan fingerprint density at radius 1 is 1.31 bits per heavy atom. The number of hydrogen-bond donors (Lipinski definition) is 2. The Balaban J connectivity index is 3.58. The zero-order valence-corrected chi connectivity index (χ0v) is 9.54. The minimum absolute atomic E-state index is 0.154. The smallest absolute Gasteiger partial charge is 0.312 e. The maximum atomic E-state index is 11.6. The number of hydrogen-bond acceptors (Lipinski definition) is 5. The monoisotopic (exact) mass is 245 g/mol. The van der Waals surface area contributed by atoms with Gasteiger partial charge in [0.05, 0.1) is 4.92 Å². The lowest BCUT2D eigenvalue weighted by atomic mass is 10.3. The summed E-state index contributed by atoms with van der Waals surface area (Å²) in [6.45, 7) is 0. The first-order valence-electron chi connectivity index (χ1n) is 4.32. The average molecular weight is 245 g/mol. The summed E-state index contributed by atoms with van der Waals surface area (Å²) in [5.41, 5.74) is -0.305. The summed E-state index contributed by atoms with van der Waals surface area (Å²) in [5, 5.41) is 13.4. The normalized spacial score (nSPS) is 11.1. The Kier molecular flexibility index (Phi) is 3.45. The van der Waals surface area contributed by atoms with Crippen LogP contribution in [0.4, 0.5) is 11.4 Å². The van der Waals surface area contributed by atoms with E-state index in [2.05, 4.69) is 5.32 Å². The number of nitrogens with one attached hydrogen (secondary N) is 2. The van der Waals surface area contributed by atoms with E-state index >= 15 is 0 Å². The van der Waals surface area contributed by atoms with Crippen molar-refractivity contribution in [2.45, 2.75) is 4.90 Å². The van der Waals surface area contributed by atoms with Gasteiger partial charge in [0.15, 0.2) is 4.90 Å². The third-order valence-electron chi connectivity index (χ3n) is 2.01. The maximum absolute atomic E-state index is 11.6. The van der Waals surface area contributed by atoms with Gasteiger partial charge < -0.3 is 5.32 Å². The molecule has 0 aliphatic heterocycles. The molecule has 16 heavy (non-hydrogen) atoms. The van der Waals surface area contributed by atoms with Gasteiger partial charge in [0, 0.05) is 7.05 Å². The number of nitrogens with zero attached hydrogens (tertiary/aromatic N) is 1. The number of anilines is 1. The van der Waals surface area contributed by atoms with Crippen LogP contribution in [0.3, 0.4) is 0 Å². The van der Waals surface area contributed by atoms with Crippen LogP contribution in [0.15, 0.2) is 23.1 Å². The first-order chi connectivity index (χ1) is 7.44. The third-order valence-corrected chi connectivity index (χ3v) is 3.46. The number of rotatable bonds is 4. The van der Waals surface area contributed by atoms with Crippen molar-refractivity contribution in [1.82, 2.24) is 4.72 Å². The molecule has 1 aromatic rings. The van der Waals surface area contributed by atoms with E-state index in [9.17, 15) is 18.5 Å². The van der Waals surface area contributed by atoms with E-state index in [0.717, 1.165) is 0 Å². The predicted octanol–water partition coefficient (Wildman–Crippen LogP) is 0.545. The van der Waals surface area contributed by atoms with Crippen LogP contribution in [0.2, 0.25) is 0 Å². The highest BCUT2D eigenvalue weighted by atomic mass is 32.2. The standard InChI is InChI=1S/C8H11N3O4S/c1-9-6-4-3-5-7(8(6)11(12)13)16(14,15)10-2/h3-5,9-10H,1-2H3. The molecule has 0 spiro atoms. The van der Waals surface area contributed by atoms with E-state index in [4.69, 9.17) is 0 Å². The molecule has 0 fully saturated rings. The van der Waals surface area contributed by atoms with Crippen LogP contribution in [0.1, 0.15) is 0 Å². The summed E-state index contributed by atoms with van der Waals surface area (Å²) in [5.74, 6) is 0. The lowest BCUT2D eigenvalue weighted by molar-refractivity contribution is -0.386. The SMILES string of the molecule is CNc1cccc(S(=O)(=O)NC)c1[N+](=O)[O-]. The highest BCUT2D eigenvalue weighted by Crippen LogP contribution is 2.31. The summed E-state index contributed by atoms with van der Waals surface area (Å²) in [4.78, 5) is 9.76. The minimum atomic E-state index is -3.84. The number of benzene rings is 1. The van der Waals surface area contributed by atoms with Gasteiger partial charge in [-0.3, -0.25) is 10.1 Å². The fourth-order valence-corrected chi connectivity index (χ4v) is 2.16. The second-order valence-electron chi connectivity index (χ2n) is 2.87. The molecule has 0 atom stereocenters. The van der Waals surface area contributed by atoms with Crippen LogP contribution in [0.25, 0.3) is 0 Å². The summed E-state index contributed by atoms with van der Waals surface area (Å²) in [6.07, 6.45) is 0. The number of sulfonamides is 1. The van der Waals surface area contributed by atoms with Gasteiger partial charge in [-0.25, -0.2) is 13.1 Å². The van der Waals surface area contributed by atoms with Gasteiger partial charge in [-0.05, 0) is 19.2 Å². The van der Waals surface area contributed by atoms with Gasteiger partial charge in [-0.2, -0.15) is 0 Å². The van der Waals surface area contributed by atoms with Gasteiger partial charge in [0.1, 0.15) is 5.69 Å². The van der Waals surface area contributed by atoms with Crippen molar-refractivity contribution in [3.8, 4) is 0 Å². The van der Waals surface area contributed by atoms with Gasteiger partial charge in [-0.1, -0.05) is 6.07 Å². The number of para-hydroxylation sites is 1. The van der Waals surface area contributed by atoms with Crippen LogP contribution >= 0.6 is 0 Å². The molecule has 0 bridgehead atoms. The molecule has 1 aromatic carbocycles. The van der Waals surface area contributed by atoms with E-state index in [-0.39, 0.29) is 10.6 Å². The molecule has 2 N–H and O–H groups in total. The van der Waals surface area contributed by atoms with Gasteiger partial charge in [-0.15, -0.1) is 0 Å². The zero-order chi connectivity index (χ0) is 12.3. The Morgan fingerprint density at radius 2 is 1.94 bits per heavy atom. The molecular formula is C8H11N3O4S. The molecule has 1 rings (SSSR count). The molecule has 8 heteroatoms. The molecule has 0 aliphatic rings. The predicted molar refractivity (Wildman–Crippen MR) is 58.9 cm³/mol. The fourth-order valence-electron chi connectivity index (χ4n) is 1.24. The molecule has 0 saturated carbocycles. The van der Waals surface area contributed by atoms with Crippen LogP contribution in [-0.2, 0) is 10.0 Å². The van der Waals surface area contributed by atoms with E-state index < -0.39 is 20.6 Å². The second-order valence-corrected chi connectivity index (χ2v) is 4.72. The number of nitro benzene ring substituents is 1. The van der Waals surface area contributed by atoms with Crippen LogP contribution in [0, 0.1) is 10.1 Å². The maximum Gasteiger partial charge on any atom is 0.312 e. The van der Waals surface area contributed by atoms with Crippen molar-refractivity contribution in [2.24, 2.45) is 0 Å². The number of nitro groups is 1. The van der Waals surface area contributed by atoms with E-state index in [1.54, 1.807) is 0 Å². The minimum Gasteiger partial charge on any atom is -0.383 e. The molecule has 0 heterocycles. The highest BCUT2D eigenvalue weighted by molar-refractivity contribution is 7.89. The van der Waals surface area contributed by atoms with Crippen LogP contribution in [0.5, 0.6) is 0 Å². The molecule has 88 valence electrons. The molecule has 0 unspecified atom stereocenters. The lowest BCUT2D eigenvalue weighted by Gasteiger charge is -2.07. The third kappa shape index (κ3) is 2.12. The van der Waals surface area contributed by atoms with Crippen molar-refractivity contribution in [3.05, 3.63) is 28.3 Å². The lowest BCUT2D eigenvalue weighted by Crippen LogP contribution is -2.20. The van der Waals surface area contributed by atoms with Gasteiger partial charge in [0.25, 0.3) is 0 Å². The summed E-state index contributed by atoms with van der Waals surface area (Å²) in [7, 11) is -1.15. The Labute approximate surface area is 92.7 Å². The molecule has 7 nitrogen and oxygen atoms in total. The first kappa shape index (κ1) is 12.4. The first-order valence-corrected chi connectivity index (χ1v) is 5.81. The van der Waals surface area contributed by atoms with Crippen LogP contribution < -0.4 is 10.0 Å². The quantitative estimate of drug-likeness (QED) is 0.595. The average Bonchev–Trinajstić information content (AvgIpc) is 2.27. The summed E-state index contributed by atoms with van der Waals surface area (Å²) >= 11 is 0. The Bertz CT molecular complexity index is 512. The molecule has 0 aliphatic carbocycles. The molecule has 0 radical (unpaired) electrons. The van der Waals surface area contributed by atoms with Crippen LogP contribution in [-0.4, -0.2) is 27.4 Å². The van der Waals surface area contributed by atoms with Crippen molar-refractivity contribution in [2.75, 3.05) is 19.4 Å². The Morgan fingerprint density at radius 3 is 2.38 bits per heavy atom. The molecule has 0 aromatic heterocycles. The van der Waals surface area contributed by atoms with Crippen molar-refractivity contribution < 1.29 is 13.3 Å². The molecular weight excluding hydrogens is 234 g/mol.